The average molecular weight is 519 g/mol. The van der Waals surface area contributed by atoms with E-state index in [2.05, 4.69) is 10.5 Å². The first-order chi connectivity index (χ1) is 17.2. The zero-order valence-electron chi connectivity index (χ0n) is 21.0. The number of hydrogen-bond acceptors (Lipinski definition) is 6. The first-order valence-electron chi connectivity index (χ1n) is 11.8. The molecule has 1 unspecified atom stereocenters. The second-order valence-electron chi connectivity index (χ2n) is 10.2. The number of likely N-dealkylation sites (tertiary alicyclic amines) is 1. The second kappa shape index (κ2) is 9.60. The number of nitrogens with one attached hydrogen (secondary N) is 1. The van der Waals surface area contributed by atoms with Gasteiger partial charge in [-0.05, 0) is 38.5 Å². The van der Waals surface area contributed by atoms with Crippen LogP contribution in [0.5, 0.6) is 0 Å². The van der Waals surface area contributed by atoms with Crippen LogP contribution in [-0.2, 0) is 26.5 Å². The van der Waals surface area contributed by atoms with Gasteiger partial charge in [-0.3, -0.25) is 10.2 Å². The lowest BCUT2D eigenvalue weighted by atomic mass is 9.97. The van der Waals surface area contributed by atoms with E-state index in [4.69, 9.17) is 9.47 Å². The maximum atomic E-state index is 13.4. The van der Waals surface area contributed by atoms with Crippen molar-refractivity contribution in [2.24, 2.45) is 11.0 Å². The smallest absolute Gasteiger partial charge is 0.444 e. The van der Waals surface area contributed by atoms with Crippen molar-refractivity contribution in [3.05, 3.63) is 65.7 Å². The summed E-state index contributed by atoms with van der Waals surface area (Å²) < 4.78 is 49.2. The number of hydrogen-bond donors (Lipinski definition) is 1. The SMILES string of the molecule is CC(C)(C)OC(=O)N1CC(C(=O)N(Cc2ccc(C3(C)NN=C(C(F)(F)F)O3)cc2)c2ccccc2)C1. The van der Waals surface area contributed by atoms with Crippen LogP contribution in [0.4, 0.5) is 23.7 Å². The summed E-state index contributed by atoms with van der Waals surface area (Å²) >= 11 is 0. The molecule has 2 amide bonds. The molecule has 0 spiro atoms. The molecule has 0 aliphatic carbocycles. The minimum absolute atomic E-state index is 0.133. The van der Waals surface area contributed by atoms with E-state index in [1.54, 1.807) is 49.9 Å². The van der Waals surface area contributed by atoms with Crippen LogP contribution in [-0.4, -0.2) is 47.7 Å². The molecule has 0 radical (unpaired) electrons. The van der Waals surface area contributed by atoms with Gasteiger partial charge in [0, 0.05) is 31.3 Å². The van der Waals surface area contributed by atoms with Crippen molar-refractivity contribution < 1.29 is 32.2 Å². The van der Waals surface area contributed by atoms with Crippen molar-refractivity contribution in [1.82, 2.24) is 10.3 Å². The number of carbonyl (C=O) groups is 2. The molecule has 4 rings (SSSR count). The zero-order chi connectivity index (χ0) is 27.0. The van der Waals surface area contributed by atoms with E-state index in [0.29, 0.717) is 11.3 Å². The molecule has 0 bridgehead atoms. The Labute approximate surface area is 213 Å². The third-order valence-electron chi connectivity index (χ3n) is 5.98. The molecule has 0 aromatic heterocycles. The minimum Gasteiger partial charge on any atom is -0.444 e. The summed E-state index contributed by atoms with van der Waals surface area (Å²) in [7, 11) is 0. The highest BCUT2D eigenvalue weighted by Gasteiger charge is 2.48. The molecule has 1 atom stereocenters. The van der Waals surface area contributed by atoms with Gasteiger partial charge in [0.2, 0.25) is 11.6 Å². The summed E-state index contributed by atoms with van der Waals surface area (Å²) in [6.07, 6.45) is -5.14. The normalized spacial score (nSPS) is 19.9. The van der Waals surface area contributed by atoms with E-state index < -0.39 is 29.5 Å². The summed E-state index contributed by atoms with van der Waals surface area (Å²) in [5.74, 6) is -1.84. The summed E-state index contributed by atoms with van der Waals surface area (Å²) in [4.78, 5) is 28.9. The lowest BCUT2D eigenvalue weighted by Gasteiger charge is -2.41. The average Bonchev–Trinajstić information content (AvgIpc) is 3.20. The van der Waals surface area contributed by atoms with Crippen LogP contribution in [0.25, 0.3) is 0 Å². The third kappa shape index (κ3) is 5.98. The predicted molar refractivity (Wildman–Crippen MR) is 130 cm³/mol. The Balaban J connectivity index is 1.45. The first kappa shape index (κ1) is 26.3. The van der Waals surface area contributed by atoms with E-state index in [9.17, 15) is 22.8 Å². The van der Waals surface area contributed by atoms with E-state index in [-0.39, 0.29) is 31.5 Å². The highest BCUT2D eigenvalue weighted by molar-refractivity contribution is 5.96. The molecular formula is C26H29F3N4O4. The third-order valence-corrected chi connectivity index (χ3v) is 5.98. The van der Waals surface area contributed by atoms with E-state index >= 15 is 0 Å². The number of rotatable bonds is 5. The number of amides is 2. The summed E-state index contributed by atoms with van der Waals surface area (Å²) in [6.45, 7) is 7.57. The van der Waals surface area contributed by atoms with Crippen molar-refractivity contribution in [2.75, 3.05) is 18.0 Å². The van der Waals surface area contributed by atoms with Gasteiger partial charge >= 0.3 is 18.2 Å². The predicted octanol–water partition coefficient (Wildman–Crippen LogP) is 4.76. The van der Waals surface area contributed by atoms with Crippen LogP contribution in [0.15, 0.2) is 59.7 Å². The largest absolute Gasteiger partial charge is 0.470 e. The standard InChI is InChI=1S/C26H29F3N4O4/c1-24(2,3)37-23(35)32-15-18(16-32)21(34)33(20-8-6-5-7-9-20)14-17-10-12-19(13-11-17)25(4)31-30-22(36-25)26(27,28)29/h5-13,18,31H,14-16H2,1-4H3. The molecule has 2 aliphatic heterocycles. The molecular weight excluding hydrogens is 489 g/mol. The van der Waals surface area contributed by atoms with Gasteiger partial charge in [-0.25, -0.2) is 4.79 Å². The number of halogens is 3. The van der Waals surface area contributed by atoms with E-state index in [1.807, 2.05) is 30.3 Å². The van der Waals surface area contributed by atoms with Gasteiger partial charge in [0.25, 0.3) is 0 Å². The fraction of sp³-hybridized carbons (Fsp3) is 0.423. The number of benzene rings is 2. The molecule has 2 aromatic carbocycles. The van der Waals surface area contributed by atoms with Gasteiger partial charge in [0.1, 0.15) is 5.60 Å². The Bertz CT molecular complexity index is 1170. The molecule has 0 saturated carbocycles. The highest BCUT2D eigenvalue weighted by atomic mass is 19.4. The van der Waals surface area contributed by atoms with Crippen LogP contribution in [0.1, 0.15) is 38.8 Å². The number of carbonyl (C=O) groups excluding carboxylic acids is 2. The van der Waals surface area contributed by atoms with Crippen LogP contribution in [0.2, 0.25) is 0 Å². The van der Waals surface area contributed by atoms with Gasteiger partial charge in [-0.15, -0.1) is 5.10 Å². The topological polar surface area (TPSA) is 83.5 Å². The minimum atomic E-state index is -4.69. The van der Waals surface area contributed by atoms with Crippen molar-refractivity contribution in [3.8, 4) is 0 Å². The fourth-order valence-electron chi connectivity index (χ4n) is 3.99. The Hall–Kier alpha value is -3.76. The molecule has 37 heavy (non-hydrogen) atoms. The van der Waals surface area contributed by atoms with Crippen LogP contribution in [0.3, 0.4) is 0 Å². The molecule has 8 nitrogen and oxygen atoms in total. The van der Waals surface area contributed by atoms with Crippen LogP contribution in [0, 0.1) is 5.92 Å². The lowest BCUT2D eigenvalue weighted by molar-refractivity contribution is -0.127. The van der Waals surface area contributed by atoms with Gasteiger partial charge in [0.15, 0.2) is 0 Å². The van der Waals surface area contributed by atoms with Crippen molar-refractivity contribution in [3.63, 3.8) is 0 Å². The van der Waals surface area contributed by atoms with Crippen molar-refractivity contribution >= 4 is 23.6 Å². The van der Waals surface area contributed by atoms with E-state index in [0.717, 1.165) is 5.56 Å². The number of ether oxygens (including phenoxy) is 2. The molecule has 1 saturated heterocycles. The highest BCUT2D eigenvalue weighted by Crippen LogP contribution is 2.32. The Kier molecular flexibility index (Phi) is 6.83. The zero-order valence-corrected chi connectivity index (χ0v) is 21.0. The maximum Gasteiger partial charge on any atom is 0.470 e. The molecule has 1 fully saturated rings. The number of hydrazone groups is 1. The summed E-state index contributed by atoms with van der Waals surface area (Å²) in [5, 5.41) is 3.27. The Morgan fingerprint density at radius 2 is 1.73 bits per heavy atom. The molecule has 2 heterocycles. The van der Waals surface area contributed by atoms with Gasteiger partial charge in [0.05, 0.1) is 12.5 Å². The molecule has 1 N–H and O–H groups in total. The molecule has 198 valence electrons. The van der Waals surface area contributed by atoms with E-state index in [1.165, 1.54) is 11.8 Å². The lowest BCUT2D eigenvalue weighted by Crippen LogP contribution is -2.57. The second-order valence-corrected chi connectivity index (χ2v) is 10.2. The first-order valence-corrected chi connectivity index (χ1v) is 11.8. The number of para-hydroxylation sites is 1. The van der Waals surface area contributed by atoms with Crippen LogP contribution >= 0.6 is 0 Å². The van der Waals surface area contributed by atoms with Gasteiger partial charge in [-0.2, -0.15) is 13.2 Å². The number of nitrogens with zero attached hydrogens (tertiary/aromatic N) is 3. The quantitative estimate of drug-likeness (QED) is 0.618. The summed E-state index contributed by atoms with van der Waals surface area (Å²) in [6, 6.07) is 15.9. The maximum absolute atomic E-state index is 13.4. The fourth-order valence-corrected chi connectivity index (χ4v) is 3.99. The Morgan fingerprint density at radius 3 is 2.27 bits per heavy atom. The Morgan fingerprint density at radius 1 is 1.11 bits per heavy atom. The van der Waals surface area contributed by atoms with Gasteiger partial charge in [-0.1, -0.05) is 42.5 Å². The molecule has 11 heteroatoms. The number of alkyl halides is 3. The van der Waals surface area contributed by atoms with Crippen LogP contribution < -0.4 is 10.3 Å². The van der Waals surface area contributed by atoms with Crippen molar-refractivity contribution in [2.45, 2.75) is 51.7 Å². The van der Waals surface area contributed by atoms with Gasteiger partial charge < -0.3 is 19.3 Å². The van der Waals surface area contributed by atoms with Crippen molar-refractivity contribution in [1.29, 1.82) is 0 Å². The monoisotopic (exact) mass is 518 g/mol. The molecule has 2 aromatic rings. The summed E-state index contributed by atoms with van der Waals surface area (Å²) in [5.41, 5.74) is 2.24. The molecule has 2 aliphatic rings. The number of anilines is 1.